The second kappa shape index (κ2) is 7.90. The number of hydrogen-bond acceptors (Lipinski definition) is 6. The molecule has 0 spiro atoms. The Kier molecular flexibility index (Phi) is 5.69. The average molecular weight is 414 g/mol. The van der Waals surface area contributed by atoms with E-state index in [1.165, 1.54) is 0 Å². The molecule has 3 aromatic heterocycles. The highest BCUT2D eigenvalue weighted by molar-refractivity contribution is 6.34. The molecule has 0 fully saturated rings. The Bertz CT molecular complexity index is 1140. The first kappa shape index (κ1) is 20.9. The Morgan fingerprint density at radius 2 is 2.03 bits per heavy atom. The number of aromatic nitrogens is 4. The number of pyridine rings is 1. The number of aryl methyl sites for hydroxylation is 1. The van der Waals surface area contributed by atoms with E-state index in [0.29, 0.717) is 29.6 Å². The van der Waals surface area contributed by atoms with Crippen LogP contribution in [0, 0.1) is 25.7 Å². The molecule has 0 bridgehead atoms. The smallest absolute Gasteiger partial charge is 0.223 e. The lowest BCUT2D eigenvalue weighted by atomic mass is 10.1. The van der Waals surface area contributed by atoms with Crippen LogP contribution in [0.15, 0.2) is 12.4 Å². The molecule has 3 rings (SSSR count). The summed E-state index contributed by atoms with van der Waals surface area (Å²) in [5.41, 5.74) is 9.04. The zero-order valence-electron chi connectivity index (χ0n) is 17.2. The van der Waals surface area contributed by atoms with Crippen molar-refractivity contribution in [2.75, 3.05) is 12.8 Å². The first-order chi connectivity index (χ1) is 13.6. The highest BCUT2D eigenvalue weighted by Gasteiger charge is 2.17. The average Bonchev–Trinajstić information content (AvgIpc) is 2.94. The summed E-state index contributed by atoms with van der Waals surface area (Å²) >= 11 is 6.36. The maximum absolute atomic E-state index is 9.91. The monoisotopic (exact) mass is 413 g/mol. The predicted octanol–water partition coefficient (Wildman–Crippen LogP) is 3.25. The number of aliphatic hydroxyl groups is 1. The van der Waals surface area contributed by atoms with Crippen LogP contribution >= 0.6 is 11.6 Å². The zero-order valence-corrected chi connectivity index (χ0v) is 17.9. The van der Waals surface area contributed by atoms with Crippen LogP contribution in [-0.4, -0.2) is 37.3 Å². The fourth-order valence-corrected chi connectivity index (χ4v) is 3.39. The fraction of sp³-hybridized carbons (Fsp3) is 0.381. The van der Waals surface area contributed by atoms with Gasteiger partial charge in [-0.3, -0.25) is 4.98 Å². The van der Waals surface area contributed by atoms with Crippen molar-refractivity contribution in [3.63, 3.8) is 0 Å². The quantitative estimate of drug-likeness (QED) is 0.503. The molecule has 0 atom stereocenters. The lowest BCUT2D eigenvalue weighted by Gasteiger charge is -2.13. The maximum atomic E-state index is 9.91. The van der Waals surface area contributed by atoms with Gasteiger partial charge in [0, 0.05) is 18.8 Å². The van der Waals surface area contributed by atoms with E-state index in [4.69, 9.17) is 22.1 Å². The normalized spacial score (nSPS) is 11.4. The van der Waals surface area contributed by atoms with Crippen LogP contribution in [-0.2, 0) is 6.54 Å². The molecular formula is C21H24ClN5O2. The van der Waals surface area contributed by atoms with E-state index in [0.717, 1.165) is 22.6 Å². The van der Waals surface area contributed by atoms with Gasteiger partial charge in [0.15, 0.2) is 0 Å². The molecule has 3 aromatic rings. The van der Waals surface area contributed by atoms with Gasteiger partial charge in [0.05, 0.1) is 35.9 Å². The standard InChI is InChI=1S/C21H24ClN5O2/c1-12-15(9-24-13(2)17(12)29-5)11-27-10-14(7-6-8-21(3,4)28)16-18(22)25-20(23)26-19(16)27/h9-10,28H,8,11H2,1-5H3,(H2,23,25,26). The summed E-state index contributed by atoms with van der Waals surface area (Å²) in [5.74, 6) is 6.93. The molecule has 0 aliphatic carbocycles. The van der Waals surface area contributed by atoms with E-state index in [-0.39, 0.29) is 11.1 Å². The Labute approximate surface area is 174 Å². The summed E-state index contributed by atoms with van der Waals surface area (Å²) in [7, 11) is 1.63. The predicted molar refractivity (Wildman–Crippen MR) is 114 cm³/mol. The molecule has 3 N–H and O–H groups in total. The molecule has 152 valence electrons. The summed E-state index contributed by atoms with van der Waals surface area (Å²) in [5, 5.41) is 10.8. The van der Waals surface area contributed by atoms with Crippen LogP contribution < -0.4 is 10.5 Å². The van der Waals surface area contributed by atoms with E-state index in [2.05, 4.69) is 26.8 Å². The van der Waals surface area contributed by atoms with Crippen LogP contribution in [0.5, 0.6) is 5.75 Å². The van der Waals surface area contributed by atoms with Crippen molar-refractivity contribution in [2.24, 2.45) is 0 Å². The summed E-state index contributed by atoms with van der Waals surface area (Å²) in [6, 6.07) is 0. The molecule has 8 heteroatoms. The van der Waals surface area contributed by atoms with Crippen molar-refractivity contribution in [3.8, 4) is 17.6 Å². The molecule has 7 nitrogen and oxygen atoms in total. The SMILES string of the molecule is COc1c(C)ncc(Cn2cc(C#CCC(C)(C)O)c3c(Cl)nc(N)nc32)c1C. The van der Waals surface area contributed by atoms with Crippen molar-refractivity contribution in [3.05, 3.63) is 39.9 Å². The highest BCUT2D eigenvalue weighted by Crippen LogP contribution is 2.29. The number of fused-ring (bicyclic) bond motifs is 1. The minimum absolute atomic E-state index is 0.0918. The lowest BCUT2D eigenvalue weighted by molar-refractivity contribution is 0.0862. The Hall–Kier alpha value is -2.82. The second-order valence-corrected chi connectivity index (χ2v) is 7.92. The van der Waals surface area contributed by atoms with Gasteiger partial charge in [0.2, 0.25) is 5.95 Å². The van der Waals surface area contributed by atoms with E-state index in [1.807, 2.05) is 30.8 Å². The third-order valence-corrected chi connectivity index (χ3v) is 4.82. The Morgan fingerprint density at radius 3 is 2.69 bits per heavy atom. The van der Waals surface area contributed by atoms with Crippen LogP contribution in [0.2, 0.25) is 5.15 Å². The van der Waals surface area contributed by atoms with E-state index in [9.17, 15) is 5.11 Å². The Morgan fingerprint density at radius 1 is 1.31 bits per heavy atom. The Balaban J connectivity index is 2.12. The number of rotatable bonds is 4. The molecule has 0 radical (unpaired) electrons. The van der Waals surface area contributed by atoms with Gasteiger partial charge in [-0.15, -0.1) is 0 Å². The largest absolute Gasteiger partial charge is 0.495 e. The van der Waals surface area contributed by atoms with Crippen molar-refractivity contribution in [2.45, 2.75) is 46.3 Å². The maximum Gasteiger partial charge on any atom is 0.223 e. The summed E-state index contributed by atoms with van der Waals surface area (Å²) in [6.07, 6.45) is 4.02. The van der Waals surface area contributed by atoms with Crippen molar-refractivity contribution in [1.82, 2.24) is 19.5 Å². The molecule has 0 unspecified atom stereocenters. The summed E-state index contributed by atoms with van der Waals surface area (Å²) in [4.78, 5) is 12.9. The van der Waals surface area contributed by atoms with Gasteiger partial charge in [-0.1, -0.05) is 23.4 Å². The number of halogens is 1. The van der Waals surface area contributed by atoms with E-state index >= 15 is 0 Å². The third-order valence-electron chi connectivity index (χ3n) is 4.54. The van der Waals surface area contributed by atoms with Gasteiger partial charge < -0.3 is 20.1 Å². The topological polar surface area (TPSA) is 99.1 Å². The lowest BCUT2D eigenvalue weighted by Crippen LogP contribution is -2.16. The zero-order chi connectivity index (χ0) is 21.3. The van der Waals surface area contributed by atoms with Gasteiger partial charge in [0.25, 0.3) is 0 Å². The number of nitrogens with zero attached hydrogens (tertiary/aromatic N) is 4. The van der Waals surface area contributed by atoms with Gasteiger partial charge in [0.1, 0.15) is 16.5 Å². The summed E-state index contributed by atoms with van der Waals surface area (Å²) in [6.45, 7) is 7.82. The minimum Gasteiger partial charge on any atom is -0.495 e. The van der Waals surface area contributed by atoms with Crippen LogP contribution in [0.1, 0.15) is 42.7 Å². The van der Waals surface area contributed by atoms with Crippen LogP contribution in [0.25, 0.3) is 11.0 Å². The molecule has 0 aromatic carbocycles. The number of nitrogen functional groups attached to an aromatic ring is 1. The van der Waals surface area contributed by atoms with Crippen LogP contribution in [0.4, 0.5) is 5.95 Å². The first-order valence-corrected chi connectivity index (χ1v) is 9.50. The van der Waals surface area contributed by atoms with Gasteiger partial charge in [-0.25, -0.2) is 4.98 Å². The van der Waals surface area contributed by atoms with E-state index in [1.54, 1.807) is 21.0 Å². The van der Waals surface area contributed by atoms with Gasteiger partial charge in [-0.05, 0) is 38.8 Å². The molecular weight excluding hydrogens is 390 g/mol. The number of nitrogens with two attached hydrogens (primary N) is 1. The molecule has 0 aliphatic heterocycles. The first-order valence-electron chi connectivity index (χ1n) is 9.13. The second-order valence-electron chi connectivity index (χ2n) is 7.56. The molecule has 0 saturated heterocycles. The molecule has 0 amide bonds. The van der Waals surface area contributed by atoms with Gasteiger partial charge in [-0.2, -0.15) is 4.98 Å². The third kappa shape index (κ3) is 4.44. The molecule has 29 heavy (non-hydrogen) atoms. The highest BCUT2D eigenvalue weighted by atomic mass is 35.5. The number of methoxy groups -OCH3 is 1. The van der Waals surface area contributed by atoms with Crippen LogP contribution in [0.3, 0.4) is 0 Å². The van der Waals surface area contributed by atoms with E-state index < -0.39 is 5.60 Å². The number of hydrogen-bond donors (Lipinski definition) is 2. The molecule has 0 saturated carbocycles. The molecule has 3 heterocycles. The number of anilines is 1. The minimum atomic E-state index is -0.878. The van der Waals surface area contributed by atoms with Gasteiger partial charge >= 0.3 is 0 Å². The number of ether oxygens (including phenoxy) is 1. The molecule has 0 aliphatic rings. The summed E-state index contributed by atoms with van der Waals surface area (Å²) < 4.78 is 7.41. The van der Waals surface area contributed by atoms with Crippen molar-refractivity contribution in [1.29, 1.82) is 0 Å². The van der Waals surface area contributed by atoms with Crippen molar-refractivity contribution >= 4 is 28.6 Å². The fourth-order valence-electron chi connectivity index (χ4n) is 3.12. The van der Waals surface area contributed by atoms with Crippen molar-refractivity contribution < 1.29 is 9.84 Å².